The van der Waals surface area contributed by atoms with E-state index in [4.69, 9.17) is 9.47 Å². The van der Waals surface area contributed by atoms with E-state index in [-0.39, 0.29) is 54.8 Å². The highest BCUT2D eigenvalue weighted by Crippen LogP contribution is 2.30. The highest BCUT2D eigenvalue weighted by molar-refractivity contribution is 7.89. The first-order chi connectivity index (χ1) is 26.1. The maximum atomic E-state index is 14.2. The fraction of sp³-hybridized carbons (Fsp3) is 0.513. The Hall–Kier alpha value is -4.96. The van der Waals surface area contributed by atoms with E-state index in [0.717, 1.165) is 12.8 Å². The molecule has 2 aromatic carbocycles. The van der Waals surface area contributed by atoms with Crippen LogP contribution in [0.5, 0.6) is 11.5 Å². The molecule has 4 amide bonds. The van der Waals surface area contributed by atoms with Crippen LogP contribution in [0.15, 0.2) is 59.6 Å². The number of benzene rings is 2. The average molecular weight is 780 g/mol. The van der Waals surface area contributed by atoms with Gasteiger partial charge in [0.15, 0.2) is 5.03 Å². The summed E-state index contributed by atoms with van der Waals surface area (Å²) in [6.07, 6.45) is 2.46. The molecule has 4 N–H and O–H groups in total. The number of hydrogen-bond donors (Lipinski definition) is 4. The fourth-order valence-electron chi connectivity index (χ4n) is 6.59. The molecule has 16 heteroatoms. The van der Waals surface area contributed by atoms with E-state index >= 15 is 0 Å². The molecule has 3 aliphatic rings. The van der Waals surface area contributed by atoms with Crippen LogP contribution in [0.2, 0.25) is 0 Å². The molecule has 2 bridgehead atoms. The van der Waals surface area contributed by atoms with Gasteiger partial charge in [0, 0.05) is 20.0 Å². The third-order valence-electron chi connectivity index (χ3n) is 9.57. The Labute approximate surface area is 322 Å². The second kappa shape index (κ2) is 18.1. The highest BCUT2D eigenvalue weighted by Gasteiger charge is 2.35. The molecule has 1 aliphatic carbocycles. The molecule has 3 heterocycles. The van der Waals surface area contributed by atoms with Gasteiger partial charge in [-0.1, -0.05) is 38.1 Å². The molecule has 4 atom stereocenters. The van der Waals surface area contributed by atoms with Gasteiger partial charge in [0.2, 0.25) is 23.6 Å². The number of carbonyl (C=O) groups excluding carboxylic acids is 4. The number of nitrogens with zero attached hydrogens (tertiary/aromatic N) is 3. The summed E-state index contributed by atoms with van der Waals surface area (Å²) in [6.45, 7) is 7.65. The van der Waals surface area contributed by atoms with Crippen molar-refractivity contribution in [2.24, 2.45) is 18.9 Å². The molecular formula is C39H53N7O8S. The maximum Gasteiger partial charge on any atom is 0.258 e. The molecule has 6 rings (SSSR count). The third kappa shape index (κ3) is 11.8. The predicted octanol–water partition coefficient (Wildman–Crippen LogP) is 2.02. The molecular weight excluding hydrogens is 727 g/mol. The van der Waals surface area contributed by atoms with E-state index in [9.17, 15) is 27.6 Å². The zero-order valence-electron chi connectivity index (χ0n) is 32.3. The molecule has 1 aromatic heterocycles. The van der Waals surface area contributed by atoms with Crippen molar-refractivity contribution in [1.82, 2.24) is 35.4 Å². The van der Waals surface area contributed by atoms with Gasteiger partial charge in [-0.25, -0.2) is 8.42 Å². The molecule has 0 saturated heterocycles. The van der Waals surface area contributed by atoms with Crippen LogP contribution in [0, 0.1) is 18.8 Å². The Bertz CT molecular complexity index is 1930. The lowest BCUT2D eigenvalue weighted by molar-refractivity contribution is -0.140. The minimum absolute atomic E-state index is 0.0142. The molecule has 0 spiro atoms. The molecule has 0 radical (unpaired) electrons. The number of hydrogen-bond acceptors (Lipinski definition) is 9. The zero-order valence-corrected chi connectivity index (χ0v) is 33.1. The SMILES string of the molecule is COc1ccc(C[C@@H]2NC(=O)[C@@H](NS(=O)(=O)c3cc(C)nn3C)Cc3ccc(cc3)OC[C@H](CC(C)C)NC(=O)CN(CC3CC3)C(=O)[C@@H](C)NC2=O)cc1. The van der Waals surface area contributed by atoms with Gasteiger partial charge in [-0.2, -0.15) is 9.82 Å². The quantitative estimate of drug-likeness (QED) is 0.223. The fourth-order valence-corrected chi connectivity index (χ4v) is 7.99. The largest absolute Gasteiger partial charge is 0.497 e. The number of carbonyl (C=O) groups is 4. The number of sulfonamides is 1. The molecule has 15 nitrogen and oxygen atoms in total. The van der Waals surface area contributed by atoms with Gasteiger partial charge in [-0.05, 0) is 92.8 Å². The van der Waals surface area contributed by atoms with E-state index in [1.54, 1.807) is 62.4 Å². The molecule has 2 aliphatic heterocycles. The third-order valence-corrected chi connectivity index (χ3v) is 11.1. The first-order valence-corrected chi connectivity index (χ1v) is 20.1. The van der Waals surface area contributed by atoms with Crippen molar-refractivity contribution < 1.29 is 37.1 Å². The second-order valence-corrected chi connectivity index (χ2v) is 16.6. The summed E-state index contributed by atoms with van der Waals surface area (Å²) in [7, 11) is -1.25. The lowest BCUT2D eigenvalue weighted by Gasteiger charge is -2.29. The lowest BCUT2D eigenvalue weighted by Crippen LogP contribution is -2.58. The number of rotatable bonds is 10. The van der Waals surface area contributed by atoms with Gasteiger partial charge in [0.25, 0.3) is 10.0 Å². The monoisotopic (exact) mass is 779 g/mol. The van der Waals surface area contributed by atoms with Crippen molar-refractivity contribution in [2.75, 3.05) is 26.8 Å². The number of amides is 4. The van der Waals surface area contributed by atoms with Crippen LogP contribution in [0.25, 0.3) is 0 Å². The van der Waals surface area contributed by atoms with Gasteiger partial charge >= 0.3 is 0 Å². The van der Waals surface area contributed by atoms with E-state index in [1.165, 1.54) is 29.8 Å². The van der Waals surface area contributed by atoms with Crippen LogP contribution in [-0.4, -0.2) is 97.7 Å². The molecule has 1 saturated carbocycles. The molecule has 55 heavy (non-hydrogen) atoms. The highest BCUT2D eigenvalue weighted by atomic mass is 32.2. The van der Waals surface area contributed by atoms with Crippen molar-refractivity contribution in [3.05, 3.63) is 71.4 Å². The van der Waals surface area contributed by atoms with Crippen molar-refractivity contribution >= 4 is 33.7 Å². The summed E-state index contributed by atoms with van der Waals surface area (Å²) < 4.78 is 42.5. The van der Waals surface area contributed by atoms with E-state index in [1.807, 2.05) is 13.8 Å². The van der Waals surface area contributed by atoms with Crippen LogP contribution in [0.3, 0.4) is 0 Å². The first-order valence-electron chi connectivity index (χ1n) is 18.7. The smallest absolute Gasteiger partial charge is 0.258 e. The summed E-state index contributed by atoms with van der Waals surface area (Å²) in [5.74, 6) is -0.553. The standard InChI is InChI=1S/C39H53N7O8S/c1-24(2)17-30-23-54-32-15-11-28(12-16-32)20-34(44-55(51,52)36-18-25(3)43-45(36)5)38(49)42-33(19-27-9-13-31(53-6)14-10-27)37(48)40-26(4)39(50)46(21-29-7-8-29)22-35(47)41-30/h9-16,18,24,26,29-30,33-34,44H,7-8,17,19-23H2,1-6H3,(H,40,48)(H,41,47)(H,42,49)/t26-,30+,33+,34+/m1/s1. The topological polar surface area (TPSA) is 190 Å². The normalized spacial score (nSPS) is 22.1. The number of fused-ring (bicyclic) bond motifs is 17. The number of methoxy groups -OCH3 is 1. The summed E-state index contributed by atoms with van der Waals surface area (Å²) in [5.41, 5.74) is 1.77. The number of aryl methyl sites for hydroxylation is 2. The van der Waals surface area contributed by atoms with Crippen molar-refractivity contribution in [1.29, 1.82) is 0 Å². The van der Waals surface area contributed by atoms with Crippen molar-refractivity contribution in [3.63, 3.8) is 0 Å². The van der Waals surface area contributed by atoms with Crippen molar-refractivity contribution in [2.45, 2.75) is 89.0 Å². The second-order valence-electron chi connectivity index (χ2n) is 15.0. The average Bonchev–Trinajstić information content (AvgIpc) is 3.88. The Balaban J connectivity index is 1.50. The van der Waals surface area contributed by atoms with Gasteiger partial charge in [-0.15, -0.1) is 0 Å². The Morgan fingerprint density at radius 2 is 1.67 bits per heavy atom. The minimum Gasteiger partial charge on any atom is -0.497 e. The van der Waals surface area contributed by atoms with Gasteiger partial charge < -0.3 is 30.3 Å². The number of aromatic nitrogens is 2. The number of ether oxygens (including phenoxy) is 2. The summed E-state index contributed by atoms with van der Waals surface area (Å²) in [5, 5.41) is 12.6. The molecule has 1 fully saturated rings. The van der Waals surface area contributed by atoms with E-state index in [0.29, 0.717) is 41.3 Å². The van der Waals surface area contributed by atoms with Gasteiger partial charge in [0.1, 0.15) is 36.2 Å². The summed E-state index contributed by atoms with van der Waals surface area (Å²) >= 11 is 0. The summed E-state index contributed by atoms with van der Waals surface area (Å²) in [4.78, 5) is 57.1. The Morgan fingerprint density at radius 3 is 2.27 bits per heavy atom. The predicted molar refractivity (Wildman–Crippen MR) is 205 cm³/mol. The van der Waals surface area contributed by atoms with Crippen LogP contribution in [0.1, 0.15) is 56.9 Å². The lowest BCUT2D eigenvalue weighted by atomic mass is 10.0. The molecule has 3 aromatic rings. The maximum absolute atomic E-state index is 14.2. The summed E-state index contributed by atoms with van der Waals surface area (Å²) in [6, 6.07) is 11.3. The van der Waals surface area contributed by atoms with Gasteiger partial charge in [0.05, 0.1) is 25.4 Å². The van der Waals surface area contributed by atoms with Crippen molar-refractivity contribution in [3.8, 4) is 11.5 Å². The van der Waals surface area contributed by atoms with Crippen LogP contribution in [-0.2, 0) is 49.1 Å². The van der Waals surface area contributed by atoms with E-state index < -0.39 is 45.9 Å². The van der Waals surface area contributed by atoms with Crippen LogP contribution in [0.4, 0.5) is 0 Å². The molecule has 0 unspecified atom stereocenters. The minimum atomic E-state index is -4.27. The number of nitrogens with one attached hydrogen (secondary N) is 4. The van der Waals surface area contributed by atoms with E-state index in [2.05, 4.69) is 25.8 Å². The zero-order chi connectivity index (χ0) is 39.9. The Kier molecular flexibility index (Phi) is 13.6. The van der Waals surface area contributed by atoms with Crippen LogP contribution < -0.4 is 30.1 Å². The molecule has 298 valence electrons. The van der Waals surface area contributed by atoms with Gasteiger partial charge in [-0.3, -0.25) is 23.9 Å². The van der Waals surface area contributed by atoms with Crippen LogP contribution >= 0.6 is 0 Å². The first kappa shape index (κ1) is 41.2. The Morgan fingerprint density at radius 1 is 0.982 bits per heavy atom.